The van der Waals surface area contributed by atoms with Gasteiger partial charge in [-0.2, -0.15) is 0 Å². The minimum atomic E-state index is 0.470. The van der Waals surface area contributed by atoms with Gasteiger partial charge in [-0.25, -0.2) is 0 Å². The van der Waals surface area contributed by atoms with Gasteiger partial charge in [-0.3, -0.25) is 0 Å². The summed E-state index contributed by atoms with van der Waals surface area (Å²) in [6.45, 7) is 1.21. The van der Waals surface area contributed by atoms with Crippen LogP contribution in [0.15, 0.2) is 30.3 Å². The lowest BCUT2D eigenvalue weighted by atomic mass is 9.68. The van der Waals surface area contributed by atoms with Crippen LogP contribution in [0.5, 0.6) is 0 Å². The highest BCUT2D eigenvalue weighted by Crippen LogP contribution is 2.39. The molecule has 1 saturated carbocycles. The van der Waals surface area contributed by atoms with Crippen LogP contribution in [0.3, 0.4) is 0 Å². The molecule has 1 aromatic rings. The molecule has 1 aliphatic rings. The predicted molar refractivity (Wildman–Crippen MR) is 82.4 cm³/mol. The van der Waals surface area contributed by atoms with Crippen molar-refractivity contribution in [3.8, 4) is 0 Å². The van der Waals surface area contributed by atoms with Crippen LogP contribution in [0.4, 0.5) is 0 Å². The van der Waals surface area contributed by atoms with Crippen LogP contribution in [0, 0.1) is 5.41 Å². The molecule has 2 rings (SSSR count). The van der Waals surface area contributed by atoms with Gasteiger partial charge in [0.2, 0.25) is 0 Å². The first-order valence-electron chi connectivity index (χ1n) is 7.49. The van der Waals surface area contributed by atoms with Crippen LogP contribution >= 0.6 is 0 Å². The molecule has 0 bridgehead atoms. The largest absolute Gasteiger partial charge is 0.317 e. The van der Waals surface area contributed by atoms with Gasteiger partial charge >= 0.3 is 0 Å². The molecular formula is C17H28N2. The van der Waals surface area contributed by atoms with Crippen molar-refractivity contribution in [2.45, 2.75) is 38.1 Å². The lowest BCUT2D eigenvalue weighted by Crippen LogP contribution is -2.42. The van der Waals surface area contributed by atoms with Gasteiger partial charge in [-0.1, -0.05) is 30.3 Å². The molecule has 0 atom stereocenters. The Bertz CT molecular complexity index is 364. The molecule has 0 aliphatic heterocycles. The molecule has 106 valence electrons. The van der Waals surface area contributed by atoms with Gasteiger partial charge in [-0.05, 0) is 64.2 Å². The quantitative estimate of drug-likeness (QED) is 0.875. The second-order valence-electron chi connectivity index (χ2n) is 6.46. The van der Waals surface area contributed by atoms with Crippen LogP contribution in [-0.4, -0.2) is 38.6 Å². The van der Waals surface area contributed by atoms with Crippen molar-refractivity contribution in [2.75, 3.05) is 27.7 Å². The zero-order chi connectivity index (χ0) is 13.7. The van der Waals surface area contributed by atoms with Gasteiger partial charge in [0, 0.05) is 12.6 Å². The Balaban J connectivity index is 2.07. The minimum Gasteiger partial charge on any atom is -0.317 e. The molecular weight excluding hydrogens is 232 g/mol. The van der Waals surface area contributed by atoms with Gasteiger partial charge in [0.05, 0.1) is 0 Å². The summed E-state index contributed by atoms with van der Waals surface area (Å²) < 4.78 is 0. The average Bonchev–Trinajstić information content (AvgIpc) is 2.40. The van der Waals surface area contributed by atoms with Crippen molar-refractivity contribution in [3.05, 3.63) is 35.9 Å². The number of hydrogen-bond acceptors (Lipinski definition) is 2. The topological polar surface area (TPSA) is 15.3 Å². The van der Waals surface area contributed by atoms with E-state index in [1.807, 2.05) is 0 Å². The van der Waals surface area contributed by atoms with Crippen LogP contribution in [0.25, 0.3) is 0 Å². The maximum Gasteiger partial charge on any atom is 0.00644 e. The summed E-state index contributed by atoms with van der Waals surface area (Å²) in [4.78, 5) is 2.36. The van der Waals surface area contributed by atoms with E-state index in [2.05, 4.69) is 61.7 Å². The molecule has 1 N–H and O–H groups in total. The monoisotopic (exact) mass is 260 g/mol. The summed E-state index contributed by atoms with van der Waals surface area (Å²) in [7, 11) is 6.51. The summed E-state index contributed by atoms with van der Waals surface area (Å²) in [5, 5.41) is 3.45. The number of rotatable bonds is 5. The predicted octanol–water partition coefficient (Wildman–Crippen LogP) is 2.94. The van der Waals surface area contributed by atoms with Crippen molar-refractivity contribution >= 4 is 0 Å². The molecule has 19 heavy (non-hydrogen) atoms. The SMILES string of the molecule is CNC1CCC(Cc2ccccc2)(CN(C)C)CC1. The van der Waals surface area contributed by atoms with Crippen LogP contribution in [0.1, 0.15) is 31.2 Å². The van der Waals surface area contributed by atoms with Crippen molar-refractivity contribution in [3.63, 3.8) is 0 Å². The highest BCUT2D eigenvalue weighted by atomic mass is 15.1. The lowest BCUT2D eigenvalue weighted by molar-refractivity contribution is 0.118. The number of nitrogens with one attached hydrogen (secondary N) is 1. The third-order valence-corrected chi connectivity index (χ3v) is 4.53. The van der Waals surface area contributed by atoms with Crippen molar-refractivity contribution in [1.29, 1.82) is 0 Å². The van der Waals surface area contributed by atoms with Crippen LogP contribution in [-0.2, 0) is 6.42 Å². The van der Waals surface area contributed by atoms with E-state index >= 15 is 0 Å². The van der Waals surface area contributed by atoms with E-state index in [-0.39, 0.29) is 0 Å². The first kappa shape index (κ1) is 14.5. The zero-order valence-electron chi connectivity index (χ0n) is 12.7. The van der Waals surface area contributed by atoms with E-state index in [9.17, 15) is 0 Å². The molecule has 2 nitrogen and oxygen atoms in total. The molecule has 1 aliphatic carbocycles. The smallest absolute Gasteiger partial charge is 0.00644 e. The molecule has 0 heterocycles. The van der Waals surface area contributed by atoms with E-state index in [0.717, 1.165) is 6.04 Å². The maximum absolute atomic E-state index is 3.45. The lowest BCUT2D eigenvalue weighted by Gasteiger charge is -2.42. The third-order valence-electron chi connectivity index (χ3n) is 4.53. The van der Waals surface area contributed by atoms with E-state index in [4.69, 9.17) is 0 Å². The number of hydrogen-bond donors (Lipinski definition) is 1. The fourth-order valence-corrected chi connectivity index (χ4v) is 3.61. The Kier molecular flexibility index (Phi) is 5.00. The van der Waals surface area contributed by atoms with Crippen molar-refractivity contribution in [1.82, 2.24) is 10.2 Å². The second-order valence-corrected chi connectivity index (χ2v) is 6.46. The highest BCUT2D eigenvalue weighted by molar-refractivity contribution is 5.17. The Morgan fingerprint density at radius 3 is 2.32 bits per heavy atom. The van der Waals surface area contributed by atoms with Gasteiger partial charge in [0.15, 0.2) is 0 Å². The molecule has 0 aromatic heterocycles. The summed E-state index contributed by atoms with van der Waals surface area (Å²) in [6, 6.07) is 11.7. The van der Waals surface area contributed by atoms with E-state index < -0.39 is 0 Å². The maximum atomic E-state index is 3.45. The minimum absolute atomic E-state index is 0.470. The third kappa shape index (κ3) is 4.05. The van der Waals surface area contributed by atoms with Crippen LogP contribution in [0.2, 0.25) is 0 Å². The number of nitrogens with zero attached hydrogens (tertiary/aromatic N) is 1. The van der Waals surface area contributed by atoms with Gasteiger partial charge in [-0.15, -0.1) is 0 Å². The average molecular weight is 260 g/mol. The molecule has 0 saturated heterocycles. The summed E-state index contributed by atoms with van der Waals surface area (Å²) >= 11 is 0. The normalized spacial score (nSPS) is 27.7. The molecule has 0 spiro atoms. The molecule has 0 amide bonds. The van der Waals surface area contributed by atoms with Gasteiger partial charge < -0.3 is 10.2 Å². The van der Waals surface area contributed by atoms with Crippen molar-refractivity contribution in [2.24, 2.45) is 5.41 Å². The molecule has 1 fully saturated rings. The van der Waals surface area contributed by atoms with E-state index in [0.29, 0.717) is 5.41 Å². The molecule has 0 radical (unpaired) electrons. The van der Waals surface area contributed by atoms with E-state index in [1.54, 1.807) is 0 Å². The summed E-state index contributed by atoms with van der Waals surface area (Å²) in [5.41, 5.74) is 1.96. The summed E-state index contributed by atoms with van der Waals surface area (Å²) in [6.07, 6.45) is 6.54. The van der Waals surface area contributed by atoms with Gasteiger partial charge in [0.1, 0.15) is 0 Å². The van der Waals surface area contributed by atoms with Gasteiger partial charge in [0.25, 0.3) is 0 Å². The standard InChI is InChI=1S/C17H28N2/c1-18-16-9-11-17(12-10-16,14-19(2)3)13-15-7-5-4-6-8-15/h4-8,16,18H,9-14H2,1-3H3. The van der Waals surface area contributed by atoms with Crippen molar-refractivity contribution < 1.29 is 0 Å². The molecule has 0 unspecified atom stereocenters. The summed E-state index contributed by atoms with van der Waals surface area (Å²) in [5.74, 6) is 0. The molecule has 2 heteroatoms. The Morgan fingerprint density at radius 2 is 1.79 bits per heavy atom. The molecule has 1 aromatic carbocycles. The Morgan fingerprint density at radius 1 is 1.16 bits per heavy atom. The zero-order valence-corrected chi connectivity index (χ0v) is 12.7. The Labute approximate surface area is 118 Å². The second kappa shape index (κ2) is 6.53. The Hall–Kier alpha value is -0.860. The first-order valence-corrected chi connectivity index (χ1v) is 7.49. The fraction of sp³-hybridized carbons (Fsp3) is 0.647. The highest BCUT2D eigenvalue weighted by Gasteiger charge is 2.35. The number of benzene rings is 1. The first-order chi connectivity index (χ1) is 9.13. The van der Waals surface area contributed by atoms with E-state index in [1.165, 1.54) is 44.2 Å². The fourth-order valence-electron chi connectivity index (χ4n) is 3.61. The van der Waals surface area contributed by atoms with Crippen LogP contribution < -0.4 is 5.32 Å².